The van der Waals surface area contributed by atoms with E-state index in [1.165, 1.54) is 0 Å². The zero-order valence-electron chi connectivity index (χ0n) is 14.7. The SMILES string of the molecule is O=S(=O)(N[C@H]1CC[C@@H](c2nnc3cnc4c(n23)CCN4)C1)C1CCCC1. The van der Waals surface area contributed by atoms with Crippen LogP contribution in [0.15, 0.2) is 6.20 Å². The van der Waals surface area contributed by atoms with Gasteiger partial charge in [0.2, 0.25) is 10.0 Å². The number of aromatic nitrogens is 4. The van der Waals surface area contributed by atoms with E-state index in [0.717, 1.165) is 80.9 Å². The van der Waals surface area contributed by atoms with E-state index in [-0.39, 0.29) is 17.2 Å². The third-order valence-electron chi connectivity index (χ3n) is 6.09. The lowest BCUT2D eigenvalue weighted by Crippen LogP contribution is -2.38. The molecule has 0 aromatic carbocycles. The summed E-state index contributed by atoms with van der Waals surface area (Å²) in [4.78, 5) is 4.41. The summed E-state index contributed by atoms with van der Waals surface area (Å²) in [5.41, 5.74) is 1.91. The predicted molar refractivity (Wildman–Crippen MR) is 97.7 cm³/mol. The van der Waals surface area contributed by atoms with Crippen LogP contribution < -0.4 is 10.0 Å². The molecular formula is C17H24N6O2S. The van der Waals surface area contributed by atoms with Gasteiger partial charge < -0.3 is 5.32 Å². The average Bonchev–Trinajstić information content (AvgIpc) is 3.38. The van der Waals surface area contributed by atoms with E-state index in [9.17, 15) is 8.42 Å². The summed E-state index contributed by atoms with van der Waals surface area (Å²) in [5, 5.41) is 11.8. The van der Waals surface area contributed by atoms with E-state index in [0.29, 0.717) is 0 Å². The van der Waals surface area contributed by atoms with Gasteiger partial charge in [0.05, 0.1) is 17.1 Å². The lowest BCUT2D eigenvalue weighted by Gasteiger charge is -2.17. The summed E-state index contributed by atoms with van der Waals surface area (Å²) in [5.74, 6) is 2.09. The molecule has 9 heteroatoms. The number of hydrogen-bond acceptors (Lipinski definition) is 6. The van der Waals surface area contributed by atoms with Gasteiger partial charge >= 0.3 is 0 Å². The molecule has 2 atom stereocenters. The summed E-state index contributed by atoms with van der Waals surface area (Å²) in [6, 6.07) is 0.00552. The number of anilines is 1. The van der Waals surface area contributed by atoms with Crippen molar-refractivity contribution >= 4 is 21.5 Å². The van der Waals surface area contributed by atoms with Crippen LogP contribution in [-0.2, 0) is 16.4 Å². The van der Waals surface area contributed by atoms with Gasteiger partial charge in [-0.05, 0) is 32.1 Å². The second kappa shape index (κ2) is 6.16. The first kappa shape index (κ1) is 16.4. The first-order valence-electron chi connectivity index (χ1n) is 9.60. The Bertz CT molecular complexity index is 934. The van der Waals surface area contributed by atoms with Crippen LogP contribution in [0.5, 0.6) is 0 Å². The highest BCUT2D eigenvalue weighted by Gasteiger charge is 2.36. The van der Waals surface area contributed by atoms with Crippen LogP contribution in [0.25, 0.3) is 5.65 Å². The van der Waals surface area contributed by atoms with Crippen LogP contribution in [0.2, 0.25) is 0 Å². The van der Waals surface area contributed by atoms with Crippen LogP contribution in [0, 0.1) is 0 Å². The molecule has 0 bridgehead atoms. The van der Waals surface area contributed by atoms with Crippen molar-refractivity contribution in [3.8, 4) is 0 Å². The van der Waals surface area contributed by atoms with Crippen LogP contribution in [-0.4, -0.2) is 45.8 Å². The van der Waals surface area contributed by atoms with Crippen molar-refractivity contribution in [1.82, 2.24) is 24.3 Å². The van der Waals surface area contributed by atoms with Crippen molar-refractivity contribution in [2.45, 2.75) is 68.6 Å². The molecule has 2 fully saturated rings. The quantitative estimate of drug-likeness (QED) is 0.840. The molecule has 2 N–H and O–H groups in total. The number of nitrogens with one attached hydrogen (secondary N) is 2. The first-order chi connectivity index (χ1) is 12.6. The molecule has 3 heterocycles. The van der Waals surface area contributed by atoms with Gasteiger partial charge in [0.25, 0.3) is 0 Å². The maximum atomic E-state index is 12.6. The maximum Gasteiger partial charge on any atom is 0.214 e. The van der Waals surface area contributed by atoms with Gasteiger partial charge in [0.1, 0.15) is 11.6 Å². The molecule has 2 aliphatic carbocycles. The Morgan fingerprint density at radius 3 is 2.85 bits per heavy atom. The number of hydrogen-bond donors (Lipinski definition) is 2. The second-order valence-corrected chi connectivity index (χ2v) is 9.75. The van der Waals surface area contributed by atoms with Crippen LogP contribution in [0.1, 0.15) is 62.4 Å². The monoisotopic (exact) mass is 376 g/mol. The van der Waals surface area contributed by atoms with Gasteiger partial charge in [0, 0.05) is 24.9 Å². The van der Waals surface area contributed by atoms with Gasteiger partial charge in [-0.25, -0.2) is 18.1 Å². The third kappa shape index (κ3) is 2.68. The standard InChI is InChI=1S/C17H24N6O2S/c24-26(25,13-3-1-2-4-13)22-12-6-5-11(9-12)17-21-20-15-10-19-16-14(23(15)17)7-8-18-16/h10-13,18,22H,1-9H2/t11-,12+/m1/s1. The molecule has 1 aliphatic heterocycles. The summed E-state index contributed by atoms with van der Waals surface area (Å²) < 4.78 is 30.3. The van der Waals surface area contributed by atoms with Gasteiger partial charge in [-0.1, -0.05) is 12.8 Å². The van der Waals surface area contributed by atoms with Gasteiger partial charge in [-0.3, -0.25) is 4.40 Å². The van der Waals surface area contributed by atoms with Crippen molar-refractivity contribution in [3.63, 3.8) is 0 Å². The van der Waals surface area contributed by atoms with Gasteiger partial charge in [-0.15, -0.1) is 10.2 Å². The Kier molecular flexibility index (Phi) is 3.89. The number of nitrogens with zero attached hydrogens (tertiary/aromatic N) is 4. The molecule has 0 unspecified atom stereocenters. The Morgan fingerprint density at radius 2 is 2.00 bits per heavy atom. The first-order valence-corrected chi connectivity index (χ1v) is 11.1. The van der Waals surface area contributed by atoms with E-state index in [4.69, 9.17) is 0 Å². The third-order valence-corrected chi connectivity index (χ3v) is 8.10. The molecule has 0 saturated heterocycles. The summed E-state index contributed by atoms with van der Waals surface area (Å²) in [6.45, 7) is 0.882. The molecule has 2 saturated carbocycles. The molecule has 0 spiro atoms. The lowest BCUT2D eigenvalue weighted by molar-refractivity contribution is 0.533. The maximum absolute atomic E-state index is 12.6. The lowest BCUT2D eigenvalue weighted by atomic mass is 10.1. The molecule has 2 aromatic heterocycles. The summed E-state index contributed by atoms with van der Waals surface area (Å²) >= 11 is 0. The molecular weight excluding hydrogens is 352 g/mol. The minimum atomic E-state index is -3.20. The van der Waals surface area contributed by atoms with E-state index < -0.39 is 10.0 Å². The minimum absolute atomic E-state index is 0.00552. The Balaban J connectivity index is 1.37. The molecule has 26 heavy (non-hydrogen) atoms. The van der Waals surface area contributed by atoms with Crippen LogP contribution >= 0.6 is 0 Å². The highest BCUT2D eigenvalue weighted by atomic mass is 32.2. The highest BCUT2D eigenvalue weighted by Crippen LogP contribution is 2.36. The fourth-order valence-corrected chi connectivity index (χ4v) is 6.59. The molecule has 2 aromatic rings. The largest absolute Gasteiger partial charge is 0.368 e. The number of fused-ring (bicyclic) bond motifs is 3. The smallest absolute Gasteiger partial charge is 0.214 e. The van der Waals surface area contributed by atoms with Crippen molar-refractivity contribution in [3.05, 3.63) is 17.7 Å². The van der Waals surface area contributed by atoms with Crippen LogP contribution in [0.4, 0.5) is 5.82 Å². The number of sulfonamides is 1. The zero-order chi connectivity index (χ0) is 17.7. The fraction of sp³-hybridized carbons (Fsp3) is 0.706. The van der Waals surface area contributed by atoms with Crippen molar-refractivity contribution < 1.29 is 8.42 Å². The Labute approximate surface area is 152 Å². The Hall–Kier alpha value is -1.74. The zero-order valence-corrected chi connectivity index (χ0v) is 15.5. The molecule has 3 aliphatic rings. The van der Waals surface area contributed by atoms with Crippen molar-refractivity contribution in [2.75, 3.05) is 11.9 Å². The van der Waals surface area contributed by atoms with E-state index in [2.05, 4.69) is 29.6 Å². The van der Waals surface area contributed by atoms with E-state index >= 15 is 0 Å². The summed E-state index contributed by atoms with van der Waals surface area (Å²) in [6.07, 6.45) is 8.89. The van der Waals surface area contributed by atoms with Gasteiger partial charge in [0.15, 0.2) is 5.65 Å². The summed E-state index contributed by atoms with van der Waals surface area (Å²) in [7, 11) is -3.20. The molecule has 5 rings (SSSR count). The van der Waals surface area contributed by atoms with E-state index in [1.807, 2.05) is 0 Å². The minimum Gasteiger partial charge on any atom is -0.368 e. The molecule has 0 amide bonds. The topological polar surface area (TPSA) is 101 Å². The molecule has 140 valence electrons. The van der Waals surface area contributed by atoms with E-state index in [1.54, 1.807) is 6.20 Å². The van der Waals surface area contributed by atoms with Crippen molar-refractivity contribution in [1.29, 1.82) is 0 Å². The highest BCUT2D eigenvalue weighted by molar-refractivity contribution is 7.90. The van der Waals surface area contributed by atoms with Crippen molar-refractivity contribution in [2.24, 2.45) is 0 Å². The second-order valence-electron chi connectivity index (χ2n) is 7.76. The average molecular weight is 376 g/mol. The van der Waals surface area contributed by atoms with Crippen LogP contribution in [0.3, 0.4) is 0 Å². The Morgan fingerprint density at radius 1 is 1.15 bits per heavy atom. The fourth-order valence-electron chi connectivity index (χ4n) is 4.76. The predicted octanol–water partition coefficient (Wildman–Crippen LogP) is 1.59. The molecule has 8 nitrogen and oxygen atoms in total. The van der Waals surface area contributed by atoms with Gasteiger partial charge in [-0.2, -0.15) is 0 Å². The number of rotatable bonds is 4. The molecule has 0 radical (unpaired) electrons. The normalized spacial score (nSPS) is 26.5.